The zero-order valence-corrected chi connectivity index (χ0v) is 9.04. The summed E-state index contributed by atoms with van der Waals surface area (Å²) < 4.78 is 0. The van der Waals surface area contributed by atoms with E-state index in [9.17, 15) is 9.59 Å². The van der Waals surface area contributed by atoms with Crippen molar-refractivity contribution in [3.63, 3.8) is 0 Å². The summed E-state index contributed by atoms with van der Waals surface area (Å²) in [6, 6.07) is 5.86. The molecule has 0 saturated carbocycles. The first kappa shape index (κ1) is 11.4. The van der Waals surface area contributed by atoms with E-state index in [2.05, 4.69) is 5.32 Å². The van der Waals surface area contributed by atoms with Gasteiger partial charge >= 0.3 is 0 Å². The van der Waals surface area contributed by atoms with Gasteiger partial charge in [-0.05, 0) is 37.1 Å². The van der Waals surface area contributed by atoms with Crippen LogP contribution < -0.4 is 5.32 Å². The van der Waals surface area contributed by atoms with Gasteiger partial charge in [-0.25, -0.2) is 0 Å². The lowest BCUT2D eigenvalue weighted by atomic mass is 10.1. The highest BCUT2D eigenvalue weighted by Gasteiger charge is 2.02. The van der Waals surface area contributed by atoms with Gasteiger partial charge in [0.15, 0.2) is 0 Å². The van der Waals surface area contributed by atoms with E-state index in [0.29, 0.717) is 0 Å². The third-order valence-corrected chi connectivity index (χ3v) is 1.99. The average molecular weight is 205 g/mol. The second-order valence-electron chi connectivity index (χ2n) is 3.63. The van der Waals surface area contributed by atoms with Crippen molar-refractivity contribution in [2.45, 2.75) is 26.7 Å². The van der Waals surface area contributed by atoms with Gasteiger partial charge in [-0.1, -0.05) is 6.07 Å². The molecule has 1 aromatic rings. The van der Waals surface area contributed by atoms with E-state index in [4.69, 9.17) is 0 Å². The molecule has 0 atom stereocenters. The summed E-state index contributed by atoms with van der Waals surface area (Å²) in [4.78, 5) is 21.4. The number of amides is 1. The second kappa shape index (κ2) is 5.29. The maximum absolute atomic E-state index is 11.3. The fraction of sp³-hybridized carbons (Fsp3) is 0.333. The van der Waals surface area contributed by atoms with Crippen molar-refractivity contribution in [1.82, 2.24) is 0 Å². The summed E-state index contributed by atoms with van der Waals surface area (Å²) in [6.45, 7) is 3.96. The molecule has 0 heterocycles. The predicted octanol–water partition coefficient (Wildman–Crippen LogP) is 2.22. The second-order valence-corrected chi connectivity index (χ2v) is 3.63. The van der Waals surface area contributed by atoms with Crippen molar-refractivity contribution in [2.75, 3.05) is 5.32 Å². The van der Waals surface area contributed by atoms with Crippen molar-refractivity contribution in [3.8, 4) is 0 Å². The Balaban J connectivity index is 2.63. The number of nitrogens with one attached hydrogen (secondary N) is 1. The lowest BCUT2D eigenvalue weighted by Crippen LogP contribution is -2.11. The lowest BCUT2D eigenvalue weighted by molar-refractivity contribution is -0.118. The SMILES string of the molecule is Cc1cc(C)cc(NC(=O)CCC=O)c1. The molecular weight excluding hydrogens is 190 g/mol. The number of aryl methyl sites for hydroxylation is 2. The standard InChI is InChI=1S/C12H15NO2/c1-9-6-10(2)8-11(7-9)13-12(15)4-3-5-14/h5-8H,3-4H2,1-2H3,(H,13,15). The summed E-state index contributed by atoms with van der Waals surface area (Å²) in [5.41, 5.74) is 3.02. The number of aldehydes is 1. The van der Waals surface area contributed by atoms with Crippen LogP contribution in [0.1, 0.15) is 24.0 Å². The minimum absolute atomic E-state index is 0.118. The molecule has 0 unspecified atom stereocenters. The Morgan fingerprint density at radius 3 is 2.40 bits per heavy atom. The zero-order chi connectivity index (χ0) is 11.3. The van der Waals surface area contributed by atoms with E-state index in [1.807, 2.05) is 32.0 Å². The Morgan fingerprint density at radius 1 is 1.27 bits per heavy atom. The molecule has 0 fully saturated rings. The normalized spacial score (nSPS) is 9.73. The Kier molecular flexibility index (Phi) is 4.03. The number of anilines is 1. The Hall–Kier alpha value is -1.64. The van der Waals surface area contributed by atoms with E-state index < -0.39 is 0 Å². The Bertz CT molecular complexity index is 352. The van der Waals surface area contributed by atoms with Crippen molar-refractivity contribution < 1.29 is 9.59 Å². The molecule has 3 nitrogen and oxygen atoms in total. The van der Waals surface area contributed by atoms with Crippen molar-refractivity contribution in [1.29, 1.82) is 0 Å². The van der Waals surface area contributed by atoms with Gasteiger partial charge in [-0.3, -0.25) is 4.79 Å². The summed E-state index contributed by atoms with van der Waals surface area (Å²) in [7, 11) is 0. The van der Waals surface area contributed by atoms with Gasteiger partial charge in [-0.15, -0.1) is 0 Å². The van der Waals surface area contributed by atoms with Crippen LogP contribution >= 0.6 is 0 Å². The summed E-state index contributed by atoms with van der Waals surface area (Å²) in [5, 5.41) is 2.76. The maximum atomic E-state index is 11.3. The third kappa shape index (κ3) is 3.94. The molecule has 1 N–H and O–H groups in total. The van der Waals surface area contributed by atoms with E-state index >= 15 is 0 Å². The van der Waals surface area contributed by atoms with Gasteiger partial charge in [0.1, 0.15) is 6.29 Å². The van der Waals surface area contributed by atoms with Crippen molar-refractivity contribution in [3.05, 3.63) is 29.3 Å². The fourth-order valence-corrected chi connectivity index (χ4v) is 1.46. The number of carbonyl (C=O) groups is 2. The number of rotatable bonds is 4. The molecule has 0 bridgehead atoms. The molecule has 0 aliphatic carbocycles. The highest BCUT2D eigenvalue weighted by molar-refractivity contribution is 5.91. The summed E-state index contributed by atoms with van der Waals surface area (Å²) in [6.07, 6.45) is 1.27. The number of benzene rings is 1. The van der Waals surface area contributed by atoms with Gasteiger partial charge < -0.3 is 10.1 Å². The largest absolute Gasteiger partial charge is 0.326 e. The molecular formula is C12H15NO2. The molecule has 1 rings (SSSR count). The molecule has 0 aliphatic heterocycles. The first-order valence-electron chi connectivity index (χ1n) is 4.93. The highest BCUT2D eigenvalue weighted by atomic mass is 16.1. The minimum Gasteiger partial charge on any atom is -0.326 e. The molecule has 1 aromatic carbocycles. The van der Waals surface area contributed by atoms with Crippen molar-refractivity contribution >= 4 is 17.9 Å². The molecule has 0 spiro atoms. The third-order valence-electron chi connectivity index (χ3n) is 1.99. The van der Waals surface area contributed by atoms with Crippen LogP contribution in [0.4, 0.5) is 5.69 Å². The Labute approximate surface area is 89.5 Å². The summed E-state index contributed by atoms with van der Waals surface area (Å²) in [5.74, 6) is -0.118. The van der Waals surface area contributed by atoms with Gasteiger partial charge in [-0.2, -0.15) is 0 Å². The van der Waals surface area contributed by atoms with E-state index in [-0.39, 0.29) is 18.7 Å². The monoisotopic (exact) mass is 205 g/mol. The molecule has 0 aliphatic rings. The number of hydrogen-bond acceptors (Lipinski definition) is 2. The first-order valence-corrected chi connectivity index (χ1v) is 4.93. The number of carbonyl (C=O) groups excluding carboxylic acids is 2. The van der Waals surface area contributed by atoms with Gasteiger partial charge in [0.2, 0.25) is 5.91 Å². The fourth-order valence-electron chi connectivity index (χ4n) is 1.46. The van der Waals surface area contributed by atoms with Gasteiger partial charge in [0.05, 0.1) is 0 Å². The van der Waals surface area contributed by atoms with Crippen LogP contribution in [0.15, 0.2) is 18.2 Å². The average Bonchev–Trinajstić information content (AvgIpc) is 2.13. The lowest BCUT2D eigenvalue weighted by Gasteiger charge is -2.06. The van der Waals surface area contributed by atoms with Crippen LogP contribution in [0, 0.1) is 13.8 Å². The predicted molar refractivity (Wildman–Crippen MR) is 59.8 cm³/mol. The first-order chi connectivity index (χ1) is 7.11. The van der Waals surface area contributed by atoms with Gasteiger partial charge in [0, 0.05) is 18.5 Å². The van der Waals surface area contributed by atoms with Gasteiger partial charge in [0.25, 0.3) is 0 Å². The van der Waals surface area contributed by atoms with Crippen LogP contribution in [0.25, 0.3) is 0 Å². The van der Waals surface area contributed by atoms with Crippen LogP contribution in [0.5, 0.6) is 0 Å². The molecule has 0 aromatic heterocycles. The van der Waals surface area contributed by atoms with E-state index in [1.54, 1.807) is 0 Å². The molecule has 0 radical (unpaired) electrons. The zero-order valence-electron chi connectivity index (χ0n) is 9.04. The summed E-state index contributed by atoms with van der Waals surface area (Å²) >= 11 is 0. The van der Waals surface area contributed by atoms with E-state index in [1.165, 1.54) is 0 Å². The molecule has 0 saturated heterocycles. The maximum Gasteiger partial charge on any atom is 0.224 e. The smallest absolute Gasteiger partial charge is 0.224 e. The van der Waals surface area contributed by atoms with Crippen LogP contribution in [-0.4, -0.2) is 12.2 Å². The quantitative estimate of drug-likeness (QED) is 0.766. The van der Waals surface area contributed by atoms with Crippen LogP contribution in [0.2, 0.25) is 0 Å². The topological polar surface area (TPSA) is 46.2 Å². The van der Waals surface area contributed by atoms with E-state index in [0.717, 1.165) is 23.1 Å². The van der Waals surface area contributed by atoms with Crippen LogP contribution in [-0.2, 0) is 9.59 Å². The highest BCUT2D eigenvalue weighted by Crippen LogP contribution is 2.13. The van der Waals surface area contributed by atoms with Crippen molar-refractivity contribution in [2.24, 2.45) is 0 Å². The minimum atomic E-state index is -0.118. The molecule has 3 heteroatoms. The number of hydrogen-bond donors (Lipinski definition) is 1. The molecule has 15 heavy (non-hydrogen) atoms. The molecule has 80 valence electrons. The Morgan fingerprint density at radius 2 is 1.87 bits per heavy atom. The molecule has 1 amide bonds. The van der Waals surface area contributed by atoms with Crippen LogP contribution in [0.3, 0.4) is 0 Å².